The molecule has 21 heavy (non-hydrogen) atoms. The van der Waals surface area contributed by atoms with E-state index in [4.69, 9.17) is 22.1 Å². The average Bonchev–Trinajstić information content (AvgIpc) is 2.46. The van der Waals surface area contributed by atoms with Gasteiger partial charge in [-0.25, -0.2) is 18.1 Å². The summed E-state index contributed by atoms with van der Waals surface area (Å²) >= 11 is 6.00. The van der Waals surface area contributed by atoms with Crippen molar-refractivity contribution in [3.05, 3.63) is 47.1 Å². The van der Waals surface area contributed by atoms with E-state index in [1.807, 2.05) is 0 Å². The Morgan fingerprint density at radius 3 is 2.67 bits per heavy atom. The monoisotopic (exact) mass is 327 g/mol. The van der Waals surface area contributed by atoms with Gasteiger partial charge in [0.1, 0.15) is 4.90 Å². The number of pyridine rings is 1. The van der Waals surface area contributed by atoms with Gasteiger partial charge in [-0.1, -0.05) is 17.7 Å². The van der Waals surface area contributed by atoms with E-state index in [9.17, 15) is 8.42 Å². The number of sulfonamides is 1. The Bertz CT molecular complexity index is 733. The molecule has 6 nitrogen and oxygen atoms in total. The highest BCUT2D eigenvalue weighted by Crippen LogP contribution is 2.20. The number of rotatable bonds is 5. The van der Waals surface area contributed by atoms with Crippen LogP contribution in [-0.2, 0) is 16.6 Å². The fraction of sp³-hybridized carbons (Fsp3) is 0.154. The van der Waals surface area contributed by atoms with E-state index in [-0.39, 0.29) is 11.4 Å². The van der Waals surface area contributed by atoms with Gasteiger partial charge in [-0.3, -0.25) is 0 Å². The topological polar surface area (TPSA) is 94.3 Å². The molecule has 1 heterocycles. The van der Waals surface area contributed by atoms with Crippen molar-refractivity contribution in [3.8, 4) is 5.88 Å². The first-order valence-corrected chi connectivity index (χ1v) is 7.82. The molecule has 0 aliphatic heterocycles. The van der Waals surface area contributed by atoms with E-state index in [0.29, 0.717) is 22.2 Å². The molecule has 0 unspecified atom stereocenters. The first-order chi connectivity index (χ1) is 9.92. The number of nitrogens with two attached hydrogens (primary N) is 1. The second-order valence-corrected chi connectivity index (χ2v) is 6.39. The van der Waals surface area contributed by atoms with Crippen LogP contribution in [0.3, 0.4) is 0 Å². The first kappa shape index (κ1) is 15.6. The number of anilines is 1. The van der Waals surface area contributed by atoms with Gasteiger partial charge in [-0.2, -0.15) is 0 Å². The Labute approximate surface area is 128 Å². The molecule has 0 spiro atoms. The van der Waals surface area contributed by atoms with Crippen LogP contribution in [-0.4, -0.2) is 20.5 Å². The molecule has 0 saturated carbocycles. The highest BCUT2D eigenvalue weighted by atomic mass is 35.5. The molecular formula is C13H14ClN3O3S. The van der Waals surface area contributed by atoms with Gasteiger partial charge in [0.25, 0.3) is 0 Å². The lowest BCUT2D eigenvalue weighted by atomic mass is 10.2. The molecule has 0 aliphatic rings. The first-order valence-electron chi connectivity index (χ1n) is 5.96. The van der Waals surface area contributed by atoms with Gasteiger partial charge in [0.15, 0.2) is 0 Å². The minimum atomic E-state index is -3.67. The summed E-state index contributed by atoms with van der Waals surface area (Å²) in [6.07, 6.45) is 1.23. The van der Waals surface area contributed by atoms with Crippen LogP contribution in [0.25, 0.3) is 0 Å². The number of hydrogen-bond donors (Lipinski definition) is 2. The second kappa shape index (κ2) is 6.30. The minimum absolute atomic E-state index is 0.0508. The van der Waals surface area contributed by atoms with Crippen molar-refractivity contribution in [3.63, 3.8) is 0 Å². The molecule has 2 rings (SSSR count). The van der Waals surface area contributed by atoms with E-state index in [1.165, 1.54) is 25.4 Å². The van der Waals surface area contributed by atoms with Crippen LogP contribution in [0.15, 0.2) is 41.4 Å². The summed E-state index contributed by atoms with van der Waals surface area (Å²) in [4.78, 5) is 3.91. The van der Waals surface area contributed by atoms with Crippen molar-refractivity contribution < 1.29 is 13.2 Å². The molecule has 3 N–H and O–H groups in total. The molecule has 1 aromatic carbocycles. The van der Waals surface area contributed by atoms with Crippen LogP contribution in [0, 0.1) is 0 Å². The molecule has 1 aromatic heterocycles. The van der Waals surface area contributed by atoms with Gasteiger partial charge >= 0.3 is 0 Å². The zero-order valence-electron chi connectivity index (χ0n) is 11.2. The van der Waals surface area contributed by atoms with Gasteiger partial charge in [-0.15, -0.1) is 0 Å². The number of aromatic nitrogens is 1. The summed E-state index contributed by atoms with van der Waals surface area (Å²) in [5, 5.41) is 0.408. The van der Waals surface area contributed by atoms with Crippen molar-refractivity contribution in [1.29, 1.82) is 0 Å². The summed E-state index contributed by atoms with van der Waals surface area (Å²) in [7, 11) is -2.21. The number of methoxy groups -OCH3 is 1. The zero-order chi connectivity index (χ0) is 15.5. The Hall–Kier alpha value is -1.83. The standard InChI is InChI=1S/C13H14ClN3O3S/c1-20-13-5-4-11(8-16-13)21(18,19)17-7-9-2-3-10(15)6-12(9)14/h2-6,8,17H,7,15H2,1H3. The molecule has 112 valence electrons. The zero-order valence-corrected chi connectivity index (χ0v) is 12.8. The van der Waals surface area contributed by atoms with Gasteiger partial charge in [0.2, 0.25) is 15.9 Å². The van der Waals surface area contributed by atoms with E-state index in [2.05, 4.69) is 9.71 Å². The fourth-order valence-electron chi connectivity index (χ4n) is 1.61. The van der Waals surface area contributed by atoms with Crippen molar-refractivity contribution >= 4 is 27.3 Å². The summed E-state index contributed by atoms with van der Waals surface area (Å²) in [5.74, 6) is 0.343. The predicted molar refractivity (Wildman–Crippen MR) is 80.7 cm³/mol. The molecule has 2 aromatic rings. The number of ether oxygens (including phenoxy) is 1. The largest absolute Gasteiger partial charge is 0.481 e. The van der Waals surface area contributed by atoms with Gasteiger partial charge < -0.3 is 10.5 Å². The lowest BCUT2D eigenvalue weighted by molar-refractivity contribution is 0.397. The molecule has 0 aliphatic carbocycles. The van der Waals surface area contributed by atoms with Crippen LogP contribution in [0.1, 0.15) is 5.56 Å². The van der Waals surface area contributed by atoms with Crippen LogP contribution in [0.5, 0.6) is 5.88 Å². The molecule has 0 bridgehead atoms. The van der Waals surface area contributed by atoms with E-state index in [0.717, 1.165) is 0 Å². The third-order valence-corrected chi connectivity index (χ3v) is 4.50. The van der Waals surface area contributed by atoms with Crippen LogP contribution in [0.4, 0.5) is 5.69 Å². The lowest BCUT2D eigenvalue weighted by Gasteiger charge is -2.09. The quantitative estimate of drug-likeness (QED) is 0.817. The Kier molecular flexibility index (Phi) is 4.66. The smallest absolute Gasteiger partial charge is 0.242 e. The highest BCUT2D eigenvalue weighted by molar-refractivity contribution is 7.89. The van der Waals surface area contributed by atoms with Crippen LogP contribution in [0.2, 0.25) is 5.02 Å². The molecule has 8 heteroatoms. The minimum Gasteiger partial charge on any atom is -0.481 e. The molecule has 0 fully saturated rings. The molecule has 0 amide bonds. The average molecular weight is 328 g/mol. The van der Waals surface area contributed by atoms with Gasteiger partial charge in [0, 0.05) is 23.3 Å². The Morgan fingerprint density at radius 2 is 2.10 bits per heavy atom. The van der Waals surface area contributed by atoms with Crippen molar-refractivity contribution in [2.24, 2.45) is 0 Å². The number of nitrogen functional groups attached to an aromatic ring is 1. The molecule has 0 saturated heterocycles. The second-order valence-electron chi connectivity index (χ2n) is 4.21. The lowest BCUT2D eigenvalue weighted by Crippen LogP contribution is -2.23. The summed E-state index contributed by atoms with van der Waals surface area (Å²) in [5.41, 5.74) is 6.74. The number of nitrogens with zero attached hydrogens (tertiary/aromatic N) is 1. The SMILES string of the molecule is COc1ccc(S(=O)(=O)NCc2ccc(N)cc2Cl)cn1. The van der Waals surface area contributed by atoms with Crippen molar-refractivity contribution in [1.82, 2.24) is 9.71 Å². The van der Waals surface area contributed by atoms with Gasteiger partial charge in [-0.05, 0) is 23.8 Å². The van der Waals surface area contributed by atoms with Crippen molar-refractivity contribution in [2.75, 3.05) is 12.8 Å². The van der Waals surface area contributed by atoms with E-state index in [1.54, 1.807) is 18.2 Å². The molecule has 0 atom stereocenters. The summed E-state index contributed by atoms with van der Waals surface area (Å²) < 4.78 is 31.6. The maximum atomic E-state index is 12.1. The van der Waals surface area contributed by atoms with Crippen LogP contribution >= 0.6 is 11.6 Å². The summed E-state index contributed by atoms with van der Waals surface area (Å²) in [6.45, 7) is 0.0630. The van der Waals surface area contributed by atoms with Crippen LogP contribution < -0.4 is 15.2 Å². The molecule has 0 radical (unpaired) electrons. The fourth-order valence-corrected chi connectivity index (χ4v) is 2.82. The van der Waals surface area contributed by atoms with E-state index >= 15 is 0 Å². The van der Waals surface area contributed by atoms with E-state index < -0.39 is 10.0 Å². The third-order valence-electron chi connectivity index (χ3n) is 2.76. The number of hydrogen-bond acceptors (Lipinski definition) is 5. The Morgan fingerprint density at radius 1 is 1.33 bits per heavy atom. The number of halogens is 1. The number of nitrogens with one attached hydrogen (secondary N) is 1. The maximum absolute atomic E-state index is 12.1. The maximum Gasteiger partial charge on any atom is 0.242 e. The van der Waals surface area contributed by atoms with Crippen molar-refractivity contribution in [2.45, 2.75) is 11.4 Å². The summed E-state index contributed by atoms with van der Waals surface area (Å²) in [6, 6.07) is 7.79. The highest BCUT2D eigenvalue weighted by Gasteiger charge is 2.15. The normalized spacial score (nSPS) is 11.3. The predicted octanol–water partition coefficient (Wildman–Crippen LogP) is 1.80. The Balaban J connectivity index is 2.13. The molecular weight excluding hydrogens is 314 g/mol. The van der Waals surface area contributed by atoms with Gasteiger partial charge in [0.05, 0.1) is 13.3 Å². The third kappa shape index (κ3) is 3.84. The number of benzene rings is 1.